The predicted molar refractivity (Wildman–Crippen MR) is 67.0 cm³/mol. The number of hydrogen-bond donors (Lipinski definition) is 2. The second-order valence-corrected chi connectivity index (χ2v) is 4.36. The third-order valence-corrected chi connectivity index (χ3v) is 2.92. The van der Waals surface area contributed by atoms with Crippen molar-refractivity contribution in [3.63, 3.8) is 0 Å². The Morgan fingerprint density at radius 1 is 1.41 bits per heavy atom. The van der Waals surface area contributed by atoms with Crippen LogP contribution in [0.25, 0.3) is 0 Å². The first kappa shape index (κ1) is 12.1. The van der Waals surface area contributed by atoms with Crippen LogP contribution in [0.1, 0.15) is 12.5 Å². The zero-order chi connectivity index (χ0) is 12.3. The van der Waals surface area contributed by atoms with Crippen molar-refractivity contribution in [3.8, 4) is 0 Å². The number of nitrogens with one attached hydrogen (secondary N) is 2. The van der Waals surface area contributed by atoms with E-state index in [1.54, 1.807) is 0 Å². The Bertz CT molecular complexity index is 389. The van der Waals surface area contributed by atoms with Gasteiger partial charge in [0.05, 0.1) is 12.7 Å². The molecule has 1 aromatic rings. The largest absolute Gasteiger partial charge is 0.375 e. The van der Waals surface area contributed by atoms with Crippen LogP contribution in [0.3, 0.4) is 0 Å². The summed E-state index contributed by atoms with van der Waals surface area (Å²) in [6, 6.07) is 7.49. The number of amides is 1. The average molecular weight is 234 g/mol. The average Bonchev–Trinajstić information content (AvgIpc) is 2.32. The van der Waals surface area contributed by atoms with Crippen molar-refractivity contribution in [3.05, 3.63) is 29.8 Å². The minimum atomic E-state index is -0.273. The minimum absolute atomic E-state index is 0.0407. The molecule has 0 unspecified atom stereocenters. The van der Waals surface area contributed by atoms with Crippen LogP contribution in [0.15, 0.2) is 24.3 Å². The predicted octanol–water partition coefficient (Wildman–Crippen LogP) is 1.31. The first-order valence-electron chi connectivity index (χ1n) is 5.89. The van der Waals surface area contributed by atoms with E-state index in [0.29, 0.717) is 6.61 Å². The number of aryl methyl sites for hydroxylation is 1. The summed E-state index contributed by atoms with van der Waals surface area (Å²) in [5.41, 5.74) is 2.00. The molecular formula is C13H18N2O2. The van der Waals surface area contributed by atoms with Gasteiger partial charge in [0.15, 0.2) is 0 Å². The van der Waals surface area contributed by atoms with Crippen molar-refractivity contribution in [1.29, 1.82) is 0 Å². The minimum Gasteiger partial charge on any atom is -0.375 e. The second-order valence-electron chi connectivity index (χ2n) is 4.36. The highest BCUT2D eigenvalue weighted by atomic mass is 16.5. The van der Waals surface area contributed by atoms with Crippen LogP contribution in [0.5, 0.6) is 0 Å². The molecule has 1 saturated heterocycles. The third kappa shape index (κ3) is 3.05. The maximum atomic E-state index is 12.0. The SMILES string of the molecule is Cc1ccc(NC(=O)[C@H]2NCCO[C@@H]2C)cc1. The number of anilines is 1. The van der Waals surface area contributed by atoms with Crippen LogP contribution in [0.4, 0.5) is 5.69 Å². The molecule has 0 aromatic heterocycles. The fraction of sp³-hybridized carbons (Fsp3) is 0.462. The van der Waals surface area contributed by atoms with E-state index in [9.17, 15) is 4.79 Å². The zero-order valence-electron chi connectivity index (χ0n) is 10.2. The summed E-state index contributed by atoms with van der Waals surface area (Å²) < 4.78 is 5.45. The van der Waals surface area contributed by atoms with Crippen molar-refractivity contribution >= 4 is 11.6 Å². The van der Waals surface area contributed by atoms with Gasteiger partial charge in [0.25, 0.3) is 0 Å². The van der Waals surface area contributed by atoms with Crippen molar-refractivity contribution in [2.24, 2.45) is 0 Å². The van der Waals surface area contributed by atoms with Gasteiger partial charge in [0.2, 0.25) is 5.91 Å². The molecule has 0 saturated carbocycles. The lowest BCUT2D eigenvalue weighted by Crippen LogP contribution is -2.53. The normalized spacial score (nSPS) is 24.4. The lowest BCUT2D eigenvalue weighted by atomic mass is 10.1. The molecular weight excluding hydrogens is 216 g/mol. The maximum Gasteiger partial charge on any atom is 0.244 e. The molecule has 1 fully saturated rings. The smallest absolute Gasteiger partial charge is 0.244 e. The van der Waals surface area contributed by atoms with Crippen LogP contribution in [-0.4, -0.2) is 31.2 Å². The van der Waals surface area contributed by atoms with Crippen LogP contribution in [-0.2, 0) is 9.53 Å². The van der Waals surface area contributed by atoms with Gasteiger partial charge in [-0.3, -0.25) is 4.79 Å². The monoisotopic (exact) mass is 234 g/mol. The Morgan fingerprint density at radius 2 is 2.12 bits per heavy atom. The Morgan fingerprint density at radius 3 is 2.76 bits per heavy atom. The molecule has 2 N–H and O–H groups in total. The standard InChI is InChI=1S/C13H18N2O2/c1-9-3-5-11(6-4-9)15-13(16)12-10(2)17-8-7-14-12/h3-6,10,12,14H,7-8H2,1-2H3,(H,15,16)/t10-,12+/m1/s1. The molecule has 0 aliphatic carbocycles. The van der Waals surface area contributed by atoms with Gasteiger partial charge in [-0.25, -0.2) is 0 Å². The molecule has 1 aliphatic heterocycles. The molecule has 4 heteroatoms. The molecule has 1 aromatic carbocycles. The fourth-order valence-corrected chi connectivity index (χ4v) is 1.88. The van der Waals surface area contributed by atoms with Crippen molar-refractivity contribution in [2.75, 3.05) is 18.5 Å². The lowest BCUT2D eigenvalue weighted by Gasteiger charge is -2.29. The van der Waals surface area contributed by atoms with Crippen LogP contribution in [0.2, 0.25) is 0 Å². The summed E-state index contributed by atoms with van der Waals surface area (Å²) in [7, 11) is 0. The first-order chi connectivity index (χ1) is 8.16. The van der Waals surface area contributed by atoms with E-state index in [1.165, 1.54) is 5.56 Å². The molecule has 0 spiro atoms. The van der Waals surface area contributed by atoms with Crippen molar-refractivity contribution < 1.29 is 9.53 Å². The summed E-state index contributed by atoms with van der Waals surface area (Å²) in [6.07, 6.45) is -0.0887. The number of morpholine rings is 1. The summed E-state index contributed by atoms with van der Waals surface area (Å²) >= 11 is 0. The Hall–Kier alpha value is -1.39. The van der Waals surface area contributed by atoms with Gasteiger partial charge in [-0.2, -0.15) is 0 Å². The molecule has 2 atom stereocenters. The molecule has 0 radical (unpaired) electrons. The summed E-state index contributed by atoms with van der Waals surface area (Å²) in [4.78, 5) is 12.0. The lowest BCUT2D eigenvalue weighted by molar-refractivity contribution is -0.123. The highest BCUT2D eigenvalue weighted by Gasteiger charge is 2.28. The van der Waals surface area contributed by atoms with E-state index in [2.05, 4.69) is 10.6 Å². The van der Waals surface area contributed by atoms with E-state index in [1.807, 2.05) is 38.1 Å². The zero-order valence-corrected chi connectivity index (χ0v) is 10.2. The number of hydrogen-bond acceptors (Lipinski definition) is 3. The Labute approximate surface area is 101 Å². The number of carbonyl (C=O) groups is 1. The number of ether oxygens (including phenoxy) is 1. The molecule has 0 bridgehead atoms. The number of rotatable bonds is 2. The Balaban J connectivity index is 1.98. The van der Waals surface area contributed by atoms with Crippen molar-refractivity contribution in [1.82, 2.24) is 5.32 Å². The fourth-order valence-electron chi connectivity index (χ4n) is 1.88. The van der Waals surface area contributed by atoms with Crippen LogP contribution >= 0.6 is 0 Å². The molecule has 17 heavy (non-hydrogen) atoms. The molecule has 2 rings (SSSR count). The number of benzene rings is 1. The maximum absolute atomic E-state index is 12.0. The first-order valence-corrected chi connectivity index (χ1v) is 5.89. The van der Waals surface area contributed by atoms with E-state index in [-0.39, 0.29) is 18.1 Å². The van der Waals surface area contributed by atoms with E-state index in [0.717, 1.165) is 12.2 Å². The molecule has 1 aliphatic rings. The van der Waals surface area contributed by atoms with Gasteiger partial charge in [0, 0.05) is 12.2 Å². The summed E-state index contributed by atoms with van der Waals surface area (Å²) in [5.74, 6) is -0.0407. The molecule has 1 amide bonds. The highest BCUT2D eigenvalue weighted by Crippen LogP contribution is 2.11. The quantitative estimate of drug-likeness (QED) is 0.811. The second kappa shape index (κ2) is 5.29. The van der Waals surface area contributed by atoms with Gasteiger partial charge < -0.3 is 15.4 Å². The van der Waals surface area contributed by atoms with Gasteiger partial charge in [-0.05, 0) is 26.0 Å². The van der Waals surface area contributed by atoms with E-state index in [4.69, 9.17) is 4.74 Å². The van der Waals surface area contributed by atoms with Gasteiger partial charge in [-0.15, -0.1) is 0 Å². The van der Waals surface area contributed by atoms with Crippen LogP contribution in [0, 0.1) is 6.92 Å². The highest BCUT2D eigenvalue weighted by molar-refractivity contribution is 5.95. The molecule has 92 valence electrons. The molecule has 1 heterocycles. The third-order valence-electron chi connectivity index (χ3n) is 2.92. The van der Waals surface area contributed by atoms with Crippen molar-refractivity contribution in [2.45, 2.75) is 26.0 Å². The molecule has 4 nitrogen and oxygen atoms in total. The number of carbonyl (C=O) groups excluding carboxylic acids is 1. The van der Waals surface area contributed by atoms with Gasteiger partial charge in [-0.1, -0.05) is 17.7 Å². The van der Waals surface area contributed by atoms with E-state index >= 15 is 0 Å². The van der Waals surface area contributed by atoms with E-state index < -0.39 is 0 Å². The van der Waals surface area contributed by atoms with Crippen LogP contribution < -0.4 is 10.6 Å². The van der Waals surface area contributed by atoms with Gasteiger partial charge >= 0.3 is 0 Å². The Kier molecular flexibility index (Phi) is 3.76. The topological polar surface area (TPSA) is 50.4 Å². The van der Waals surface area contributed by atoms with Gasteiger partial charge in [0.1, 0.15) is 6.04 Å². The summed E-state index contributed by atoms with van der Waals surface area (Å²) in [5, 5.41) is 6.05. The summed E-state index contributed by atoms with van der Waals surface area (Å²) in [6.45, 7) is 5.31.